The zero-order valence-corrected chi connectivity index (χ0v) is 13.3. The number of rotatable bonds is 4. The third-order valence-electron chi connectivity index (χ3n) is 3.51. The lowest BCUT2D eigenvalue weighted by Gasteiger charge is -2.10. The van der Waals surface area contributed by atoms with Gasteiger partial charge in [0.15, 0.2) is 5.69 Å². The van der Waals surface area contributed by atoms with Gasteiger partial charge in [0, 0.05) is 24.2 Å². The molecule has 25 heavy (non-hydrogen) atoms. The molecule has 0 bridgehead atoms. The Balaban J connectivity index is 2.64. The molecule has 0 aliphatic heterocycles. The number of nitrogens with zero attached hydrogens (tertiary/aromatic N) is 5. The summed E-state index contributed by atoms with van der Waals surface area (Å²) in [5.41, 5.74) is -1.41. The largest absolute Gasteiger partial charge is 0.506 e. The number of hydrogen-bond acceptors (Lipinski definition) is 8. The Labute approximate surface area is 141 Å². The molecule has 0 saturated carbocycles. The molecule has 0 fully saturated rings. The summed E-state index contributed by atoms with van der Waals surface area (Å²) >= 11 is 0. The van der Waals surface area contributed by atoms with E-state index >= 15 is 0 Å². The fourth-order valence-electron chi connectivity index (χ4n) is 2.16. The molecule has 0 aliphatic carbocycles. The van der Waals surface area contributed by atoms with E-state index in [0.717, 1.165) is 22.8 Å². The van der Waals surface area contributed by atoms with Crippen LogP contribution in [0.1, 0.15) is 18.1 Å². The van der Waals surface area contributed by atoms with Crippen molar-refractivity contribution in [1.29, 1.82) is 5.26 Å². The van der Waals surface area contributed by atoms with Crippen molar-refractivity contribution in [1.82, 2.24) is 4.57 Å². The van der Waals surface area contributed by atoms with Crippen LogP contribution >= 0.6 is 0 Å². The Bertz CT molecular complexity index is 987. The van der Waals surface area contributed by atoms with Gasteiger partial charge in [-0.25, -0.2) is 0 Å². The standard InChI is InChI=1S/C15H13N5O5/c1-3-19-14(22)10(7-16)8(2)13(15(19)23)18-17-11-6-9(20(24)25)4-5-12(11)21/h4-6,21-22H,3H2,1-2H3. The van der Waals surface area contributed by atoms with Crippen LogP contribution < -0.4 is 5.56 Å². The van der Waals surface area contributed by atoms with Crippen LogP contribution in [-0.4, -0.2) is 19.7 Å². The van der Waals surface area contributed by atoms with Gasteiger partial charge in [0.2, 0.25) is 5.88 Å². The van der Waals surface area contributed by atoms with Gasteiger partial charge in [-0.1, -0.05) is 0 Å². The van der Waals surface area contributed by atoms with E-state index < -0.39 is 16.4 Å². The van der Waals surface area contributed by atoms with E-state index in [-0.39, 0.29) is 40.5 Å². The molecule has 0 saturated heterocycles. The predicted octanol–water partition coefficient (Wildman–Crippen LogP) is 2.78. The molecule has 10 nitrogen and oxygen atoms in total. The lowest BCUT2D eigenvalue weighted by Crippen LogP contribution is -2.20. The molecular formula is C15H13N5O5. The fourth-order valence-corrected chi connectivity index (χ4v) is 2.16. The quantitative estimate of drug-likeness (QED) is 0.494. The summed E-state index contributed by atoms with van der Waals surface area (Å²) in [4.78, 5) is 22.5. The van der Waals surface area contributed by atoms with Crippen LogP contribution in [0.25, 0.3) is 0 Å². The zero-order valence-electron chi connectivity index (χ0n) is 13.3. The summed E-state index contributed by atoms with van der Waals surface area (Å²) in [5, 5.41) is 47.0. The summed E-state index contributed by atoms with van der Waals surface area (Å²) in [7, 11) is 0. The maximum Gasteiger partial charge on any atom is 0.281 e. The number of aromatic hydroxyl groups is 2. The van der Waals surface area contributed by atoms with E-state index in [9.17, 15) is 25.1 Å². The van der Waals surface area contributed by atoms with Gasteiger partial charge in [-0.3, -0.25) is 19.5 Å². The molecule has 1 aromatic heterocycles. The molecule has 2 rings (SSSR count). The van der Waals surface area contributed by atoms with Crippen molar-refractivity contribution < 1.29 is 15.1 Å². The summed E-state index contributed by atoms with van der Waals surface area (Å²) < 4.78 is 0.952. The highest BCUT2D eigenvalue weighted by molar-refractivity contribution is 5.59. The van der Waals surface area contributed by atoms with Gasteiger partial charge in [-0.2, -0.15) is 5.26 Å². The van der Waals surface area contributed by atoms with Gasteiger partial charge >= 0.3 is 0 Å². The SMILES string of the molecule is CCn1c(O)c(C#N)c(C)c(N=Nc2cc([N+](=O)[O-])ccc2O)c1=O. The Morgan fingerprint density at radius 3 is 2.60 bits per heavy atom. The minimum Gasteiger partial charge on any atom is -0.506 e. The molecule has 1 aromatic carbocycles. The van der Waals surface area contributed by atoms with Crippen molar-refractivity contribution in [2.24, 2.45) is 10.2 Å². The van der Waals surface area contributed by atoms with Crippen molar-refractivity contribution in [3.05, 3.63) is 49.8 Å². The normalized spacial score (nSPS) is 10.8. The number of nitro benzene ring substituents is 1. The Hall–Kier alpha value is -3.74. The van der Waals surface area contributed by atoms with E-state index in [1.54, 1.807) is 13.0 Å². The van der Waals surface area contributed by atoms with Gasteiger partial charge < -0.3 is 10.2 Å². The van der Waals surface area contributed by atoms with Crippen LogP contribution in [-0.2, 0) is 6.54 Å². The van der Waals surface area contributed by atoms with E-state index in [2.05, 4.69) is 10.2 Å². The third kappa shape index (κ3) is 3.16. The Kier molecular flexibility index (Phi) is 4.79. The van der Waals surface area contributed by atoms with Gasteiger partial charge in [0.25, 0.3) is 11.2 Å². The van der Waals surface area contributed by atoms with Crippen molar-refractivity contribution >= 4 is 17.1 Å². The van der Waals surface area contributed by atoms with Crippen LogP contribution in [0.4, 0.5) is 17.1 Å². The van der Waals surface area contributed by atoms with Crippen LogP contribution in [0.15, 0.2) is 33.2 Å². The van der Waals surface area contributed by atoms with Crippen molar-refractivity contribution in [2.45, 2.75) is 20.4 Å². The Morgan fingerprint density at radius 1 is 1.36 bits per heavy atom. The number of phenols is 1. The molecule has 0 unspecified atom stereocenters. The first-order valence-corrected chi connectivity index (χ1v) is 7.07. The summed E-state index contributed by atoms with van der Waals surface area (Å²) in [5.74, 6) is -0.827. The van der Waals surface area contributed by atoms with Gasteiger partial charge in [0.1, 0.15) is 23.1 Å². The zero-order chi connectivity index (χ0) is 18.7. The molecule has 0 amide bonds. The molecule has 1 heterocycles. The first-order chi connectivity index (χ1) is 11.8. The highest BCUT2D eigenvalue weighted by Gasteiger charge is 2.18. The second-order valence-electron chi connectivity index (χ2n) is 4.96. The van der Waals surface area contributed by atoms with Crippen LogP contribution in [0.5, 0.6) is 11.6 Å². The second-order valence-corrected chi connectivity index (χ2v) is 4.96. The highest BCUT2D eigenvalue weighted by Crippen LogP contribution is 2.32. The molecule has 0 radical (unpaired) electrons. The van der Waals surface area contributed by atoms with Crippen LogP contribution in [0.3, 0.4) is 0 Å². The van der Waals surface area contributed by atoms with E-state index in [1.807, 2.05) is 0 Å². The fraction of sp³-hybridized carbons (Fsp3) is 0.200. The molecule has 2 aromatic rings. The van der Waals surface area contributed by atoms with Gasteiger partial charge in [-0.05, 0) is 19.9 Å². The maximum atomic E-state index is 12.4. The number of hydrogen-bond donors (Lipinski definition) is 2. The lowest BCUT2D eigenvalue weighted by atomic mass is 10.1. The predicted molar refractivity (Wildman–Crippen MR) is 86.4 cm³/mol. The van der Waals surface area contributed by atoms with E-state index in [0.29, 0.717) is 0 Å². The lowest BCUT2D eigenvalue weighted by molar-refractivity contribution is -0.384. The first kappa shape index (κ1) is 17.6. The van der Waals surface area contributed by atoms with Crippen molar-refractivity contribution in [3.8, 4) is 17.7 Å². The summed E-state index contributed by atoms with van der Waals surface area (Å²) in [6.45, 7) is 3.12. The van der Waals surface area contributed by atoms with Crippen molar-refractivity contribution in [2.75, 3.05) is 0 Å². The molecule has 10 heteroatoms. The number of azo groups is 1. The highest BCUT2D eigenvalue weighted by atomic mass is 16.6. The van der Waals surface area contributed by atoms with Crippen LogP contribution in [0.2, 0.25) is 0 Å². The van der Waals surface area contributed by atoms with Gasteiger partial charge in [0.05, 0.1) is 4.92 Å². The average Bonchev–Trinajstić information content (AvgIpc) is 2.56. The summed E-state index contributed by atoms with van der Waals surface area (Å²) in [6.07, 6.45) is 0. The topological polar surface area (TPSA) is 154 Å². The monoisotopic (exact) mass is 343 g/mol. The summed E-state index contributed by atoms with van der Waals surface area (Å²) in [6, 6.07) is 4.97. The minimum absolute atomic E-state index is 0.101. The number of nitriles is 1. The third-order valence-corrected chi connectivity index (χ3v) is 3.51. The molecule has 0 atom stereocenters. The smallest absolute Gasteiger partial charge is 0.281 e. The number of pyridine rings is 1. The average molecular weight is 343 g/mol. The first-order valence-electron chi connectivity index (χ1n) is 7.07. The number of non-ortho nitro benzene ring substituents is 1. The number of nitro groups is 1. The molecule has 2 N–H and O–H groups in total. The van der Waals surface area contributed by atoms with Gasteiger partial charge in [-0.15, -0.1) is 10.2 Å². The second kappa shape index (κ2) is 6.79. The molecular weight excluding hydrogens is 330 g/mol. The maximum absolute atomic E-state index is 12.4. The molecule has 0 aliphatic rings. The number of benzene rings is 1. The van der Waals surface area contributed by atoms with E-state index in [4.69, 9.17) is 5.26 Å². The van der Waals surface area contributed by atoms with Crippen molar-refractivity contribution in [3.63, 3.8) is 0 Å². The number of phenolic OH excluding ortho intramolecular Hbond substituents is 1. The molecule has 128 valence electrons. The minimum atomic E-state index is -0.676. The molecule has 0 spiro atoms. The Morgan fingerprint density at radius 2 is 2.04 bits per heavy atom. The number of aromatic nitrogens is 1. The van der Waals surface area contributed by atoms with Crippen LogP contribution in [0, 0.1) is 28.4 Å². The van der Waals surface area contributed by atoms with E-state index in [1.165, 1.54) is 6.92 Å².